The van der Waals surface area contributed by atoms with Crippen LogP contribution in [-0.2, 0) is 9.59 Å². The molecule has 0 fully saturated rings. The number of carbonyl (C=O) groups excluding carboxylic acids is 1. The summed E-state index contributed by atoms with van der Waals surface area (Å²) < 4.78 is 0. The van der Waals surface area contributed by atoms with Gasteiger partial charge in [-0.3, -0.25) is 9.59 Å². The maximum absolute atomic E-state index is 10.5. The molecule has 0 aromatic heterocycles. The average molecular weight is 158 g/mol. The van der Waals surface area contributed by atoms with Crippen LogP contribution < -0.4 is 5.32 Å². The van der Waals surface area contributed by atoms with Gasteiger partial charge in [0.2, 0.25) is 5.91 Å². The van der Waals surface area contributed by atoms with E-state index in [4.69, 9.17) is 10.6 Å². The van der Waals surface area contributed by atoms with Crippen molar-refractivity contribution in [1.82, 2.24) is 5.32 Å². The summed E-state index contributed by atoms with van der Waals surface area (Å²) in [5.74, 6) is -1.75. The van der Waals surface area contributed by atoms with E-state index in [0.717, 1.165) is 0 Å². The second-order valence-electron chi connectivity index (χ2n) is 1.56. The summed E-state index contributed by atoms with van der Waals surface area (Å²) in [6.45, 7) is -0.830. The van der Waals surface area contributed by atoms with Gasteiger partial charge in [0.1, 0.15) is 13.1 Å². The minimum absolute atomic E-state index is 0.371. The normalized spacial score (nSPS) is 8.00. The molecule has 7 heteroatoms. The number of hydrogen-bond donors (Lipinski definition) is 2. The zero-order valence-electron chi connectivity index (χ0n) is 5.52. The lowest BCUT2D eigenvalue weighted by molar-refractivity contribution is -0.137. The first-order valence-electron chi connectivity index (χ1n) is 2.66. The Balaban J connectivity index is 3.53. The van der Waals surface area contributed by atoms with Crippen LogP contribution in [0.15, 0.2) is 5.11 Å². The predicted molar refractivity (Wildman–Crippen MR) is 34.7 cm³/mol. The van der Waals surface area contributed by atoms with Crippen LogP contribution in [0.5, 0.6) is 0 Å². The number of nitrogens with zero attached hydrogens (tertiary/aromatic N) is 3. The van der Waals surface area contributed by atoms with Gasteiger partial charge in [-0.05, 0) is 5.53 Å². The van der Waals surface area contributed by atoms with Crippen molar-refractivity contribution in [2.75, 3.05) is 13.1 Å². The molecule has 0 bridgehead atoms. The summed E-state index contributed by atoms with van der Waals surface area (Å²) in [4.78, 5) is 22.6. The van der Waals surface area contributed by atoms with Gasteiger partial charge in [0.05, 0.1) is 0 Å². The summed E-state index contributed by atoms with van der Waals surface area (Å²) >= 11 is 0. The molecule has 0 rings (SSSR count). The van der Waals surface area contributed by atoms with Crippen LogP contribution >= 0.6 is 0 Å². The Labute approximate surface area is 61.6 Å². The quantitative estimate of drug-likeness (QED) is 0.326. The monoisotopic (exact) mass is 158 g/mol. The highest BCUT2D eigenvalue weighted by atomic mass is 16.4. The van der Waals surface area contributed by atoms with Crippen LogP contribution in [0.3, 0.4) is 0 Å². The highest BCUT2D eigenvalue weighted by molar-refractivity contribution is 5.82. The number of nitrogens with one attached hydrogen (secondary N) is 1. The van der Waals surface area contributed by atoms with E-state index >= 15 is 0 Å². The van der Waals surface area contributed by atoms with E-state index in [1.165, 1.54) is 0 Å². The summed E-state index contributed by atoms with van der Waals surface area (Å²) in [7, 11) is 0. The van der Waals surface area contributed by atoms with Gasteiger partial charge in [0.25, 0.3) is 0 Å². The number of amides is 1. The first-order chi connectivity index (χ1) is 5.16. The minimum atomic E-state index is -1.14. The molecule has 0 saturated heterocycles. The van der Waals surface area contributed by atoms with E-state index in [1.54, 1.807) is 0 Å². The zero-order valence-corrected chi connectivity index (χ0v) is 5.52. The summed E-state index contributed by atoms with van der Waals surface area (Å²) in [5, 5.41) is 13.0. The first-order valence-corrected chi connectivity index (χ1v) is 2.66. The molecule has 60 valence electrons. The molecular weight excluding hydrogens is 152 g/mol. The van der Waals surface area contributed by atoms with Crippen LogP contribution in [0.2, 0.25) is 0 Å². The van der Waals surface area contributed by atoms with Crippen molar-refractivity contribution in [2.45, 2.75) is 0 Å². The minimum Gasteiger partial charge on any atom is -0.480 e. The fourth-order valence-electron chi connectivity index (χ4n) is 0.326. The van der Waals surface area contributed by atoms with Crippen molar-refractivity contribution in [3.05, 3.63) is 10.4 Å². The second-order valence-corrected chi connectivity index (χ2v) is 1.56. The molecule has 0 aliphatic heterocycles. The van der Waals surface area contributed by atoms with Crippen LogP contribution in [0.4, 0.5) is 0 Å². The van der Waals surface area contributed by atoms with Gasteiger partial charge in [-0.1, -0.05) is 5.11 Å². The number of azide groups is 1. The molecule has 0 aromatic carbocycles. The Kier molecular flexibility index (Phi) is 4.26. The zero-order chi connectivity index (χ0) is 8.69. The van der Waals surface area contributed by atoms with Crippen molar-refractivity contribution >= 4 is 11.9 Å². The summed E-state index contributed by atoms with van der Waals surface area (Å²) in [6, 6.07) is 0. The number of aliphatic carboxylic acids is 1. The van der Waals surface area contributed by atoms with Crippen LogP contribution in [-0.4, -0.2) is 30.1 Å². The lowest BCUT2D eigenvalue weighted by Crippen LogP contribution is -2.30. The lowest BCUT2D eigenvalue weighted by Gasteiger charge is -1.95. The first kappa shape index (κ1) is 9.25. The molecule has 2 N–H and O–H groups in total. The molecule has 0 unspecified atom stereocenters. The number of carboxylic acids is 1. The van der Waals surface area contributed by atoms with Gasteiger partial charge in [0.15, 0.2) is 0 Å². The van der Waals surface area contributed by atoms with Gasteiger partial charge in [-0.25, -0.2) is 0 Å². The van der Waals surface area contributed by atoms with E-state index in [2.05, 4.69) is 10.0 Å². The fourth-order valence-corrected chi connectivity index (χ4v) is 0.326. The average Bonchev–Trinajstić information content (AvgIpc) is 1.97. The van der Waals surface area contributed by atoms with E-state index in [0.29, 0.717) is 0 Å². The standard InChI is InChI=1S/C4H6N4O3/c5-8-7-1-3(9)6-2-4(10)11/h1-2H2,(H,6,9)(H,10,11). The van der Waals surface area contributed by atoms with Gasteiger partial charge in [-0.15, -0.1) is 0 Å². The Morgan fingerprint density at radius 2 is 2.27 bits per heavy atom. The predicted octanol–water partition coefficient (Wildman–Crippen LogP) is -0.502. The molecule has 0 aliphatic carbocycles. The summed E-state index contributed by atoms with van der Waals surface area (Å²) in [5.41, 5.74) is 7.75. The van der Waals surface area contributed by atoms with E-state index in [9.17, 15) is 9.59 Å². The number of carbonyl (C=O) groups is 2. The van der Waals surface area contributed by atoms with Crippen LogP contribution in [0.25, 0.3) is 10.4 Å². The third kappa shape index (κ3) is 6.13. The van der Waals surface area contributed by atoms with E-state index in [-0.39, 0.29) is 6.54 Å². The molecule has 0 aromatic rings. The second kappa shape index (κ2) is 5.07. The molecule has 0 heterocycles. The van der Waals surface area contributed by atoms with Crippen molar-refractivity contribution in [3.63, 3.8) is 0 Å². The molecule has 0 radical (unpaired) electrons. The number of carboxylic acid groups (broad SMARTS) is 1. The molecule has 0 spiro atoms. The SMILES string of the molecule is [N-]=[N+]=NCC(=O)NCC(=O)O. The van der Waals surface area contributed by atoms with E-state index in [1.807, 2.05) is 5.32 Å². The third-order valence-corrected chi connectivity index (χ3v) is 0.714. The van der Waals surface area contributed by atoms with Gasteiger partial charge in [-0.2, -0.15) is 0 Å². The van der Waals surface area contributed by atoms with Gasteiger partial charge < -0.3 is 10.4 Å². The molecule has 0 atom stereocenters. The molecular formula is C4H6N4O3. The van der Waals surface area contributed by atoms with Crippen LogP contribution in [0, 0.1) is 0 Å². The molecule has 1 amide bonds. The Bertz CT molecular complexity index is 207. The van der Waals surface area contributed by atoms with Gasteiger partial charge in [0, 0.05) is 4.91 Å². The molecule has 0 aliphatic rings. The smallest absolute Gasteiger partial charge is 0.322 e. The number of rotatable bonds is 4. The van der Waals surface area contributed by atoms with Crippen molar-refractivity contribution in [2.24, 2.45) is 5.11 Å². The Morgan fingerprint density at radius 1 is 1.64 bits per heavy atom. The Morgan fingerprint density at radius 3 is 2.73 bits per heavy atom. The largest absolute Gasteiger partial charge is 0.480 e. The maximum Gasteiger partial charge on any atom is 0.322 e. The molecule has 7 nitrogen and oxygen atoms in total. The highest BCUT2D eigenvalue weighted by Gasteiger charge is 2.00. The van der Waals surface area contributed by atoms with E-state index < -0.39 is 18.4 Å². The highest BCUT2D eigenvalue weighted by Crippen LogP contribution is 1.71. The molecule has 11 heavy (non-hydrogen) atoms. The Hall–Kier alpha value is -1.75. The summed E-state index contributed by atoms with van der Waals surface area (Å²) in [6.07, 6.45) is 0. The molecule has 0 saturated carbocycles. The third-order valence-electron chi connectivity index (χ3n) is 0.714. The fraction of sp³-hybridized carbons (Fsp3) is 0.500. The van der Waals surface area contributed by atoms with Crippen molar-refractivity contribution in [3.8, 4) is 0 Å². The maximum atomic E-state index is 10.5. The van der Waals surface area contributed by atoms with Crippen molar-refractivity contribution in [1.29, 1.82) is 0 Å². The number of hydrogen-bond acceptors (Lipinski definition) is 3. The van der Waals surface area contributed by atoms with Crippen LogP contribution in [0.1, 0.15) is 0 Å². The lowest BCUT2D eigenvalue weighted by atomic mass is 10.5. The van der Waals surface area contributed by atoms with Crippen molar-refractivity contribution < 1.29 is 14.7 Å². The van der Waals surface area contributed by atoms with Gasteiger partial charge >= 0.3 is 5.97 Å². The topological polar surface area (TPSA) is 115 Å².